The van der Waals surface area contributed by atoms with E-state index in [4.69, 9.17) is 0 Å². The zero-order valence-electron chi connectivity index (χ0n) is 8.73. The second-order valence-corrected chi connectivity index (χ2v) is 3.51. The van der Waals surface area contributed by atoms with Gasteiger partial charge in [-0.25, -0.2) is 4.79 Å². The van der Waals surface area contributed by atoms with E-state index in [2.05, 4.69) is 15.7 Å². The van der Waals surface area contributed by atoms with E-state index in [1.165, 1.54) is 0 Å². The van der Waals surface area contributed by atoms with Crippen LogP contribution < -0.4 is 10.6 Å². The van der Waals surface area contributed by atoms with Gasteiger partial charge in [-0.2, -0.15) is 5.10 Å². The molecule has 1 aliphatic rings. The first-order chi connectivity index (χ1) is 7.27. The number of carbonyl (C=O) groups excluding carboxylic acids is 1. The fraction of sp³-hybridized carbons (Fsp3) is 0.556. The minimum atomic E-state index is -0.0555. The zero-order chi connectivity index (χ0) is 10.7. The van der Waals surface area contributed by atoms with Gasteiger partial charge in [0.05, 0.1) is 6.20 Å². The van der Waals surface area contributed by atoms with Crippen molar-refractivity contribution in [2.24, 2.45) is 7.05 Å². The lowest BCUT2D eigenvalue weighted by molar-refractivity contribution is 0.203. The van der Waals surface area contributed by atoms with E-state index >= 15 is 0 Å². The number of anilines is 1. The number of urea groups is 1. The number of amides is 2. The van der Waals surface area contributed by atoms with Gasteiger partial charge in [0.15, 0.2) is 0 Å². The minimum absolute atomic E-state index is 0.0555. The standard InChI is InChI=1S/C9H15N5O/c1-13-8(2-3-11-13)12-9(15)14-6-4-10-5-7-14/h2-3,10H,4-7H2,1H3,(H,12,15). The molecular formula is C9H15N5O. The van der Waals surface area contributed by atoms with Crippen molar-refractivity contribution in [1.82, 2.24) is 20.0 Å². The lowest BCUT2D eigenvalue weighted by atomic mass is 10.4. The van der Waals surface area contributed by atoms with Gasteiger partial charge in [-0.05, 0) is 0 Å². The molecule has 1 saturated heterocycles. The Morgan fingerprint density at radius 3 is 2.87 bits per heavy atom. The fourth-order valence-corrected chi connectivity index (χ4v) is 1.55. The summed E-state index contributed by atoms with van der Waals surface area (Å²) >= 11 is 0. The van der Waals surface area contributed by atoms with Gasteiger partial charge in [0.25, 0.3) is 0 Å². The van der Waals surface area contributed by atoms with E-state index in [9.17, 15) is 4.79 Å². The molecule has 1 fully saturated rings. The molecule has 0 aromatic carbocycles. The second kappa shape index (κ2) is 4.31. The number of nitrogens with zero attached hydrogens (tertiary/aromatic N) is 3. The van der Waals surface area contributed by atoms with Crippen LogP contribution in [0.4, 0.5) is 10.6 Å². The van der Waals surface area contributed by atoms with Crippen LogP contribution in [0.25, 0.3) is 0 Å². The predicted molar refractivity (Wildman–Crippen MR) is 56.7 cm³/mol. The van der Waals surface area contributed by atoms with E-state index in [0.29, 0.717) is 0 Å². The summed E-state index contributed by atoms with van der Waals surface area (Å²) in [5.74, 6) is 0.721. The summed E-state index contributed by atoms with van der Waals surface area (Å²) in [7, 11) is 1.80. The molecule has 0 radical (unpaired) electrons. The number of hydrogen-bond acceptors (Lipinski definition) is 3. The molecule has 1 aromatic heterocycles. The number of carbonyl (C=O) groups is 1. The molecule has 2 amide bonds. The highest BCUT2D eigenvalue weighted by molar-refractivity contribution is 5.88. The third-order valence-electron chi connectivity index (χ3n) is 2.46. The van der Waals surface area contributed by atoms with Gasteiger partial charge >= 0.3 is 6.03 Å². The topological polar surface area (TPSA) is 62.2 Å². The average Bonchev–Trinajstić information content (AvgIpc) is 2.66. The highest BCUT2D eigenvalue weighted by Gasteiger charge is 2.16. The lowest BCUT2D eigenvalue weighted by Crippen LogP contribution is -2.48. The van der Waals surface area contributed by atoms with E-state index in [0.717, 1.165) is 32.0 Å². The quantitative estimate of drug-likeness (QED) is 0.676. The van der Waals surface area contributed by atoms with Gasteiger partial charge in [-0.1, -0.05) is 0 Å². The Morgan fingerprint density at radius 1 is 1.53 bits per heavy atom. The van der Waals surface area contributed by atoms with Crippen molar-refractivity contribution in [3.63, 3.8) is 0 Å². The summed E-state index contributed by atoms with van der Waals surface area (Å²) in [6, 6.07) is 1.72. The molecule has 6 nitrogen and oxygen atoms in total. The van der Waals surface area contributed by atoms with Crippen LogP contribution >= 0.6 is 0 Å². The van der Waals surface area contributed by atoms with Crippen LogP contribution in [0, 0.1) is 0 Å². The Morgan fingerprint density at radius 2 is 2.27 bits per heavy atom. The monoisotopic (exact) mass is 209 g/mol. The van der Waals surface area contributed by atoms with Crippen molar-refractivity contribution in [2.45, 2.75) is 0 Å². The van der Waals surface area contributed by atoms with Crippen LogP contribution in [0.15, 0.2) is 12.3 Å². The number of aryl methyl sites for hydroxylation is 1. The molecule has 0 spiro atoms. The zero-order valence-corrected chi connectivity index (χ0v) is 8.73. The van der Waals surface area contributed by atoms with Gasteiger partial charge < -0.3 is 10.2 Å². The smallest absolute Gasteiger partial charge is 0.322 e. The molecule has 6 heteroatoms. The second-order valence-electron chi connectivity index (χ2n) is 3.51. The van der Waals surface area contributed by atoms with Crippen molar-refractivity contribution in [3.05, 3.63) is 12.3 Å². The number of rotatable bonds is 1. The van der Waals surface area contributed by atoms with Crippen molar-refractivity contribution in [1.29, 1.82) is 0 Å². The fourth-order valence-electron chi connectivity index (χ4n) is 1.55. The maximum Gasteiger partial charge on any atom is 0.323 e. The lowest BCUT2D eigenvalue weighted by Gasteiger charge is -2.27. The Kier molecular flexibility index (Phi) is 2.86. The van der Waals surface area contributed by atoms with E-state index in [1.54, 1.807) is 28.9 Å². The summed E-state index contributed by atoms with van der Waals surface area (Å²) in [5, 5.41) is 10.0. The first-order valence-corrected chi connectivity index (χ1v) is 5.02. The maximum absolute atomic E-state index is 11.8. The molecule has 0 saturated carbocycles. The highest BCUT2D eigenvalue weighted by Crippen LogP contribution is 2.05. The summed E-state index contributed by atoms with van der Waals surface area (Å²) in [5.41, 5.74) is 0. The third-order valence-corrected chi connectivity index (χ3v) is 2.46. The Balaban J connectivity index is 1.94. The van der Waals surface area contributed by atoms with Crippen molar-refractivity contribution in [3.8, 4) is 0 Å². The maximum atomic E-state index is 11.8. The van der Waals surface area contributed by atoms with Crippen molar-refractivity contribution in [2.75, 3.05) is 31.5 Å². The Hall–Kier alpha value is -1.56. The van der Waals surface area contributed by atoms with Crippen molar-refractivity contribution >= 4 is 11.8 Å². The van der Waals surface area contributed by atoms with Crippen LogP contribution in [0.1, 0.15) is 0 Å². The summed E-state index contributed by atoms with van der Waals surface area (Å²) in [4.78, 5) is 13.6. The third kappa shape index (κ3) is 2.27. The molecule has 1 aliphatic heterocycles. The molecule has 2 N–H and O–H groups in total. The van der Waals surface area contributed by atoms with E-state index < -0.39 is 0 Å². The van der Waals surface area contributed by atoms with Gasteiger partial charge in [0, 0.05) is 39.3 Å². The normalized spacial score (nSPS) is 16.5. The molecule has 1 aromatic rings. The van der Waals surface area contributed by atoms with E-state index in [1.807, 2.05) is 0 Å². The van der Waals surface area contributed by atoms with E-state index in [-0.39, 0.29) is 6.03 Å². The van der Waals surface area contributed by atoms with Gasteiger partial charge in [0.2, 0.25) is 0 Å². The Bertz CT molecular complexity index is 342. The van der Waals surface area contributed by atoms with Gasteiger partial charge in [0.1, 0.15) is 5.82 Å². The van der Waals surface area contributed by atoms with Crippen LogP contribution in [0.2, 0.25) is 0 Å². The molecule has 2 heterocycles. The van der Waals surface area contributed by atoms with Gasteiger partial charge in [-0.3, -0.25) is 10.00 Å². The number of hydrogen-bond donors (Lipinski definition) is 2. The first kappa shape index (κ1) is 9.97. The molecule has 2 rings (SSSR count). The predicted octanol–water partition coefficient (Wildman–Crippen LogP) is -0.143. The largest absolute Gasteiger partial charge is 0.323 e. The van der Waals surface area contributed by atoms with Crippen LogP contribution in [-0.4, -0.2) is 46.9 Å². The molecule has 0 unspecified atom stereocenters. The van der Waals surface area contributed by atoms with Crippen LogP contribution in [0.3, 0.4) is 0 Å². The summed E-state index contributed by atoms with van der Waals surface area (Å²) < 4.78 is 1.64. The van der Waals surface area contributed by atoms with Crippen LogP contribution in [-0.2, 0) is 7.05 Å². The SMILES string of the molecule is Cn1nccc1NC(=O)N1CCNCC1. The highest BCUT2D eigenvalue weighted by atomic mass is 16.2. The molecule has 0 aliphatic carbocycles. The first-order valence-electron chi connectivity index (χ1n) is 5.02. The number of piperazine rings is 1. The summed E-state index contributed by atoms with van der Waals surface area (Å²) in [6.07, 6.45) is 1.66. The molecule has 82 valence electrons. The van der Waals surface area contributed by atoms with Crippen molar-refractivity contribution < 1.29 is 4.79 Å². The van der Waals surface area contributed by atoms with Crippen LogP contribution in [0.5, 0.6) is 0 Å². The molecule has 15 heavy (non-hydrogen) atoms. The van der Waals surface area contributed by atoms with Gasteiger partial charge in [-0.15, -0.1) is 0 Å². The number of nitrogens with one attached hydrogen (secondary N) is 2. The molecule has 0 atom stereocenters. The minimum Gasteiger partial charge on any atom is -0.322 e. The molecule has 0 bridgehead atoms. The summed E-state index contributed by atoms with van der Waals surface area (Å²) in [6.45, 7) is 3.23. The Labute approximate surface area is 88.2 Å². The average molecular weight is 209 g/mol. The number of aromatic nitrogens is 2. The molecular weight excluding hydrogens is 194 g/mol.